The molecule has 50 heavy (non-hydrogen) atoms. The molecule has 3 N–H and O–H groups in total. The van der Waals surface area contributed by atoms with Crippen LogP contribution in [-0.4, -0.2) is 88.1 Å². The highest BCUT2D eigenvalue weighted by Gasteiger charge is 2.19. The van der Waals surface area contributed by atoms with Crippen molar-refractivity contribution in [3.8, 4) is 17.2 Å². The van der Waals surface area contributed by atoms with Gasteiger partial charge in [0.15, 0.2) is 0 Å². The van der Waals surface area contributed by atoms with Gasteiger partial charge in [-0.05, 0) is 68.7 Å². The zero-order chi connectivity index (χ0) is 35.6. The van der Waals surface area contributed by atoms with Crippen LogP contribution >= 0.6 is 23.2 Å². The highest BCUT2D eigenvalue weighted by molar-refractivity contribution is 6.19. The summed E-state index contributed by atoms with van der Waals surface area (Å²) in [6.07, 6.45) is -0.665. The first-order valence-electron chi connectivity index (χ1n) is 16.0. The fourth-order valence-electron chi connectivity index (χ4n) is 5.50. The molecule has 0 aliphatic heterocycles. The van der Waals surface area contributed by atoms with E-state index in [0.29, 0.717) is 94.2 Å². The van der Waals surface area contributed by atoms with E-state index in [1.54, 1.807) is 50.6 Å². The molecule has 0 fully saturated rings. The van der Waals surface area contributed by atoms with E-state index in [1.807, 2.05) is 61.5 Å². The van der Waals surface area contributed by atoms with E-state index in [1.165, 1.54) is 0 Å². The summed E-state index contributed by atoms with van der Waals surface area (Å²) in [7, 11) is 7.04. The number of alkyl halides is 2. The number of nitrogens with zero attached hydrogens (tertiary/aromatic N) is 3. The summed E-state index contributed by atoms with van der Waals surface area (Å²) in [6, 6.07) is 23.5. The van der Waals surface area contributed by atoms with E-state index in [2.05, 4.69) is 20.9 Å². The Bertz CT molecular complexity index is 1950. The molecule has 0 unspecified atom stereocenters. The Morgan fingerprint density at radius 2 is 1.48 bits per heavy atom. The van der Waals surface area contributed by atoms with Gasteiger partial charge in [-0.3, -0.25) is 10.1 Å². The van der Waals surface area contributed by atoms with Gasteiger partial charge >= 0.3 is 6.09 Å². The molecule has 5 aromatic rings. The lowest BCUT2D eigenvalue weighted by Crippen LogP contribution is -2.31. The molecule has 0 saturated carbocycles. The molecule has 0 radical (unpaired) electrons. The average Bonchev–Trinajstić information content (AvgIpc) is 3.11. The normalized spacial score (nSPS) is 11.0. The Morgan fingerprint density at radius 3 is 2.14 bits per heavy atom. The van der Waals surface area contributed by atoms with Gasteiger partial charge in [0.1, 0.15) is 22.8 Å². The number of hydrogen-bond donors (Lipinski definition) is 3. The number of carbonyl (C=O) groups is 2. The van der Waals surface area contributed by atoms with Crippen LogP contribution in [0.15, 0.2) is 78.9 Å². The third-order valence-corrected chi connectivity index (χ3v) is 8.27. The minimum atomic E-state index is -0.665. The standard InChI is InChI=1S/C37H40Cl2N6O5/c1-44(2)22-19-40-36(46)29-9-5-7-27-33(28-8-6-10-32(49-4)35(28)43-34(27)29)42-30-23-24(11-16-31(30)48-3)41-37(47)50-26-14-12-25(13-15-26)45(20-17-38)21-18-39/h5-16,23H,17-22H2,1-4H3,(H,40,46)(H,41,47)(H,42,43). The third-order valence-electron chi connectivity index (χ3n) is 7.93. The van der Waals surface area contributed by atoms with E-state index >= 15 is 0 Å². The van der Waals surface area contributed by atoms with Crippen molar-refractivity contribution in [3.63, 3.8) is 0 Å². The maximum absolute atomic E-state index is 13.4. The lowest BCUT2D eigenvalue weighted by Gasteiger charge is -2.22. The van der Waals surface area contributed by atoms with Gasteiger partial charge in [0.25, 0.3) is 5.91 Å². The maximum Gasteiger partial charge on any atom is 0.417 e. The molecular formula is C37H40Cl2N6O5. The summed E-state index contributed by atoms with van der Waals surface area (Å²) in [5, 5.41) is 10.8. The highest BCUT2D eigenvalue weighted by atomic mass is 35.5. The van der Waals surface area contributed by atoms with Crippen molar-refractivity contribution in [1.82, 2.24) is 15.2 Å². The molecule has 5 rings (SSSR count). The Kier molecular flexibility index (Phi) is 12.4. The van der Waals surface area contributed by atoms with Gasteiger partial charge in [-0.1, -0.05) is 24.3 Å². The van der Waals surface area contributed by atoms with Gasteiger partial charge in [-0.2, -0.15) is 0 Å². The lowest BCUT2D eigenvalue weighted by molar-refractivity contribution is 0.0952. The molecule has 0 aliphatic carbocycles. The number of methoxy groups -OCH3 is 2. The predicted molar refractivity (Wildman–Crippen MR) is 203 cm³/mol. The highest BCUT2D eigenvalue weighted by Crippen LogP contribution is 2.40. The summed E-state index contributed by atoms with van der Waals surface area (Å²) in [5.74, 6) is 2.15. The SMILES string of the molecule is COc1ccc(NC(=O)Oc2ccc(N(CCCl)CCCl)cc2)cc1Nc1c2cccc(OC)c2nc2c(C(=O)NCCN(C)C)cccc12. The largest absolute Gasteiger partial charge is 0.495 e. The second-order valence-electron chi connectivity index (χ2n) is 11.5. The van der Waals surface area contributed by atoms with Gasteiger partial charge < -0.3 is 34.6 Å². The van der Waals surface area contributed by atoms with Gasteiger partial charge in [0, 0.05) is 60.1 Å². The summed E-state index contributed by atoms with van der Waals surface area (Å²) < 4.78 is 16.9. The topological polar surface area (TPSA) is 117 Å². The van der Waals surface area contributed by atoms with Crippen molar-refractivity contribution in [1.29, 1.82) is 0 Å². The van der Waals surface area contributed by atoms with Crippen LogP contribution in [-0.2, 0) is 0 Å². The number of para-hydroxylation sites is 2. The molecule has 0 bridgehead atoms. The number of carbonyl (C=O) groups excluding carboxylic acids is 2. The van der Waals surface area contributed by atoms with Crippen LogP contribution in [0.1, 0.15) is 10.4 Å². The molecule has 0 aliphatic rings. The van der Waals surface area contributed by atoms with Crippen molar-refractivity contribution in [2.45, 2.75) is 0 Å². The number of anilines is 4. The van der Waals surface area contributed by atoms with Crippen LogP contribution in [0.25, 0.3) is 21.8 Å². The number of rotatable bonds is 15. The molecular weight excluding hydrogens is 679 g/mol. The fourth-order valence-corrected chi connectivity index (χ4v) is 5.91. The molecule has 1 aromatic heterocycles. The number of likely N-dealkylation sites (N-methyl/N-ethyl adjacent to an activating group) is 1. The van der Waals surface area contributed by atoms with Crippen LogP contribution in [0.5, 0.6) is 17.2 Å². The first-order valence-corrected chi connectivity index (χ1v) is 17.1. The van der Waals surface area contributed by atoms with Gasteiger partial charge in [-0.25, -0.2) is 9.78 Å². The molecule has 13 heteroatoms. The van der Waals surface area contributed by atoms with E-state index < -0.39 is 6.09 Å². The van der Waals surface area contributed by atoms with Crippen LogP contribution in [0, 0.1) is 0 Å². The number of ether oxygens (including phenoxy) is 3. The number of pyridine rings is 1. The third kappa shape index (κ3) is 8.60. The number of halogens is 2. The Balaban J connectivity index is 1.45. The number of nitrogens with one attached hydrogen (secondary N) is 3. The predicted octanol–water partition coefficient (Wildman–Crippen LogP) is 7.34. The Morgan fingerprint density at radius 1 is 0.800 bits per heavy atom. The van der Waals surface area contributed by atoms with Crippen molar-refractivity contribution in [2.75, 3.05) is 81.8 Å². The van der Waals surface area contributed by atoms with E-state index in [0.717, 1.165) is 11.1 Å². The second kappa shape index (κ2) is 17.1. The van der Waals surface area contributed by atoms with E-state index in [4.69, 9.17) is 42.4 Å². The number of fused-ring (bicyclic) bond motifs is 2. The molecule has 4 aromatic carbocycles. The Hall–Kier alpha value is -4.97. The monoisotopic (exact) mass is 718 g/mol. The number of aromatic nitrogens is 1. The van der Waals surface area contributed by atoms with Crippen molar-refractivity contribution < 1.29 is 23.8 Å². The van der Waals surface area contributed by atoms with E-state index in [9.17, 15) is 9.59 Å². The summed E-state index contributed by atoms with van der Waals surface area (Å²) >= 11 is 11.9. The van der Waals surface area contributed by atoms with Crippen molar-refractivity contribution in [2.24, 2.45) is 0 Å². The molecule has 0 atom stereocenters. The fraction of sp³-hybridized carbons (Fsp3) is 0.270. The van der Waals surface area contributed by atoms with Gasteiger partial charge in [0.2, 0.25) is 0 Å². The minimum Gasteiger partial charge on any atom is -0.495 e. The quantitative estimate of drug-likeness (QED) is 0.0755. The van der Waals surface area contributed by atoms with Crippen molar-refractivity contribution in [3.05, 3.63) is 84.4 Å². The summed E-state index contributed by atoms with van der Waals surface area (Å²) in [4.78, 5) is 35.3. The molecule has 11 nitrogen and oxygen atoms in total. The molecule has 2 amide bonds. The molecule has 0 saturated heterocycles. The summed E-state index contributed by atoms with van der Waals surface area (Å²) in [5.41, 5.74) is 4.15. The zero-order valence-electron chi connectivity index (χ0n) is 28.4. The zero-order valence-corrected chi connectivity index (χ0v) is 29.9. The Labute approximate surface area is 301 Å². The minimum absolute atomic E-state index is 0.232. The van der Waals surface area contributed by atoms with Crippen LogP contribution in [0.2, 0.25) is 0 Å². The average molecular weight is 720 g/mol. The lowest BCUT2D eigenvalue weighted by atomic mass is 10.0. The molecule has 262 valence electrons. The first kappa shape index (κ1) is 36.3. The van der Waals surface area contributed by atoms with E-state index in [-0.39, 0.29) is 5.91 Å². The first-order chi connectivity index (χ1) is 24.3. The maximum atomic E-state index is 13.4. The van der Waals surface area contributed by atoms with Crippen molar-refractivity contribution >= 4 is 79.8 Å². The van der Waals surface area contributed by atoms with Gasteiger partial charge in [-0.15, -0.1) is 23.2 Å². The van der Waals surface area contributed by atoms with Gasteiger partial charge in [0.05, 0.1) is 36.7 Å². The summed E-state index contributed by atoms with van der Waals surface area (Å²) in [6.45, 7) is 2.47. The number of benzene rings is 4. The smallest absolute Gasteiger partial charge is 0.417 e. The van der Waals surface area contributed by atoms with Crippen LogP contribution < -0.4 is 35.1 Å². The van der Waals surface area contributed by atoms with Crippen LogP contribution in [0.4, 0.5) is 27.5 Å². The second-order valence-corrected chi connectivity index (χ2v) is 12.3. The molecule has 1 heterocycles. The molecule has 0 spiro atoms. The van der Waals surface area contributed by atoms with Crippen LogP contribution in [0.3, 0.4) is 0 Å². The number of hydrogen-bond acceptors (Lipinski definition) is 9. The number of amides is 2.